The molecule has 1 aromatic rings. The Hall–Kier alpha value is -0.210. The first-order chi connectivity index (χ1) is 5.65. The molecular weight excluding hydrogens is 337 g/mol. The van der Waals surface area contributed by atoms with E-state index in [9.17, 15) is 4.79 Å². The van der Waals surface area contributed by atoms with Gasteiger partial charge in [0.1, 0.15) is 4.60 Å². The first-order valence-electron chi connectivity index (χ1n) is 2.97. The Balaban J connectivity index is 3.13. The average molecular weight is 342 g/mol. The fourth-order valence-corrected chi connectivity index (χ4v) is 1.51. The molecule has 0 saturated heterocycles. The first kappa shape index (κ1) is 9.87. The third kappa shape index (κ3) is 2.14. The van der Waals surface area contributed by atoms with Crippen molar-refractivity contribution < 1.29 is 4.79 Å². The predicted molar refractivity (Wildman–Crippen MR) is 56.3 cm³/mol. The molecule has 0 aliphatic carbocycles. The number of nitrogens with one attached hydrogen (secondary N) is 1. The van der Waals surface area contributed by atoms with Gasteiger partial charge in [-0.2, -0.15) is 0 Å². The third-order valence-electron chi connectivity index (χ3n) is 1.18. The van der Waals surface area contributed by atoms with E-state index >= 15 is 0 Å². The number of halogens is 2. The van der Waals surface area contributed by atoms with Crippen LogP contribution in [0, 0.1) is 3.57 Å². The molecule has 0 aromatic carbocycles. The first-order valence-corrected chi connectivity index (χ1v) is 4.84. The van der Waals surface area contributed by atoms with Gasteiger partial charge in [-0.25, -0.2) is 10.8 Å². The second kappa shape index (κ2) is 4.15. The Bertz CT molecular complexity index is 318. The Morgan fingerprint density at radius 2 is 2.42 bits per heavy atom. The zero-order chi connectivity index (χ0) is 9.14. The summed E-state index contributed by atoms with van der Waals surface area (Å²) in [7, 11) is 0. The van der Waals surface area contributed by atoms with Crippen molar-refractivity contribution in [1.29, 1.82) is 0 Å². The highest BCUT2D eigenvalue weighted by Gasteiger charge is 2.09. The third-order valence-corrected chi connectivity index (χ3v) is 2.40. The Labute approximate surface area is 91.2 Å². The lowest BCUT2D eigenvalue weighted by Gasteiger charge is -2.01. The molecule has 1 aromatic heterocycles. The van der Waals surface area contributed by atoms with Crippen LogP contribution in [0.3, 0.4) is 0 Å². The molecule has 0 spiro atoms. The maximum absolute atomic E-state index is 11.1. The van der Waals surface area contributed by atoms with Crippen LogP contribution in [0.5, 0.6) is 0 Å². The van der Waals surface area contributed by atoms with E-state index in [2.05, 4.69) is 43.5 Å². The maximum atomic E-state index is 11.1. The molecule has 0 unspecified atom stereocenters. The number of amides is 1. The number of carbonyl (C=O) groups is 1. The van der Waals surface area contributed by atoms with E-state index in [4.69, 9.17) is 5.84 Å². The minimum atomic E-state index is -0.354. The molecular formula is C6H5BrIN3O. The summed E-state index contributed by atoms with van der Waals surface area (Å²) < 4.78 is 1.38. The lowest BCUT2D eigenvalue weighted by atomic mass is 10.3. The van der Waals surface area contributed by atoms with Gasteiger partial charge in [-0.3, -0.25) is 10.2 Å². The second-order valence-corrected chi connectivity index (χ2v) is 3.96. The molecule has 1 rings (SSSR count). The summed E-state index contributed by atoms with van der Waals surface area (Å²) >= 11 is 5.21. The zero-order valence-electron chi connectivity index (χ0n) is 5.84. The van der Waals surface area contributed by atoms with E-state index in [1.54, 1.807) is 12.3 Å². The number of hydrogen-bond acceptors (Lipinski definition) is 3. The van der Waals surface area contributed by atoms with Crippen molar-refractivity contribution in [2.75, 3.05) is 0 Å². The van der Waals surface area contributed by atoms with Crippen LogP contribution in [0.25, 0.3) is 0 Å². The average Bonchev–Trinajstić information content (AvgIpc) is 2.08. The van der Waals surface area contributed by atoms with Crippen molar-refractivity contribution in [3.05, 3.63) is 26.0 Å². The van der Waals surface area contributed by atoms with Crippen molar-refractivity contribution in [3.63, 3.8) is 0 Å². The van der Waals surface area contributed by atoms with E-state index in [1.165, 1.54) is 0 Å². The number of hydrazine groups is 1. The SMILES string of the molecule is NNC(=O)c1cc(I)cnc1Br. The number of pyridine rings is 1. The molecule has 0 radical (unpaired) electrons. The fraction of sp³-hybridized carbons (Fsp3) is 0. The topological polar surface area (TPSA) is 68.0 Å². The summed E-state index contributed by atoms with van der Waals surface area (Å²) in [4.78, 5) is 15.0. The van der Waals surface area contributed by atoms with Crippen LogP contribution in [0.1, 0.15) is 10.4 Å². The van der Waals surface area contributed by atoms with Crippen molar-refractivity contribution >= 4 is 44.4 Å². The largest absolute Gasteiger partial charge is 0.290 e. The standard InChI is InChI=1S/C6H5BrIN3O/c7-5-4(6(12)11-9)1-3(8)2-10-5/h1-2H,9H2,(H,11,12). The van der Waals surface area contributed by atoms with Crippen molar-refractivity contribution in [3.8, 4) is 0 Å². The number of carbonyl (C=O) groups excluding carboxylic acids is 1. The van der Waals surface area contributed by atoms with E-state index in [0.29, 0.717) is 10.2 Å². The summed E-state index contributed by atoms with van der Waals surface area (Å²) in [6.07, 6.45) is 1.65. The van der Waals surface area contributed by atoms with Gasteiger partial charge in [0.15, 0.2) is 0 Å². The molecule has 0 atom stereocenters. The number of aromatic nitrogens is 1. The van der Waals surface area contributed by atoms with Crippen molar-refractivity contribution in [2.45, 2.75) is 0 Å². The molecule has 0 aliphatic rings. The molecule has 0 aliphatic heterocycles. The summed E-state index contributed by atoms with van der Waals surface area (Å²) in [5.41, 5.74) is 2.47. The van der Waals surface area contributed by atoms with Gasteiger partial charge in [0.2, 0.25) is 0 Å². The summed E-state index contributed by atoms with van der Waals surface area (Å²) in [6.45, 7) is 0. The smallest absolute Gasteiger partial charge is 0.267 e. The number of nitrogens with zero attached hydrogens (tertiary/aromatic N) is 1. The van der Waals surface area contributed by atoms with Gasteiger partial charge in [-0.15, -0.1) is 0 Å². The summed E-state index contributed by atoms with van der Waals surface area (Å²) in [5.74, 6) is 4.62. The van der Waals surface area contributed by atoms with Crippen LogP contribution in [0.15, 0.2) is 16.9 Å². The molecule has 0 saturated carbocycles. The zero-order valence-corrected chi connectivity index (χ0v) is 9.59. The number of rotatable bonds is 1. The van der Waals surface area contributed by atoms with Gasteiger partial charge in [0.05, 0.1) is 5.56 Å². The normalized spacial score (nSPS) is 9.58. The van der Waals surface area contributed by atoms with Crippen molar-refractivity contribution in [2.24, 2.45) is 5.84 Å². The molecule has 64 valence electrons. The summed E-state index contributed by atoms with van der Waals surface area (Å²) in [5, 5.41) is 0. The van der Waals surface area contributed by atoms with Gasteiger partial charge >= 0.3 is 0 Å². The minimum absolute atomic E-state index is 0.354. The monoisotopic (exact) mass is 341 g/mol. The Morgan fingerprint density at radius 3 is 3.00 bits per heavy atom. The van der Waals surface area contributed by atoms with Crippen LogP contribution in [0.2, 0.25) is 0 Å². The van der Waals surface area contributed by atoms with Gasteiger partial charge in [-0.1, -0.05) is 0 Å². The Kier molecular flexibility index (Phi) is 3.41. The van der Waals surface area contributed by atoms with Gasteiger partial charge in [0, 0.05) is 9.77 Å². The molecule has 6 heteroatoms. The number of hydrogen-bond donors (Lipinski definition) is 2. The Morgan fingerprint density at radius 1 is 1.75 bits per heavy atom. The predicted octanol–water partition coefficient (Wildman–Crippen LogP) is 1.05. The van der Waals surface area contributed by atoms with E-state index < -0.39 is 0 Å². The van der Waals surface area contributed by atoms with E-state index in [-0.39, 0.29) is 5.91 Å². The lowest BCUT2D eigenvalue weighted by Crippen LogP contribution is -2.30. The van der Waals surface area contributed by atoms with E-state index in [0.717, 1.165) is 3.57 Å². The molecule has 1 heterocycles. The molecule has 0 fully saturated rings. The highest BCUT2D eigenvalue weighted by molar-refractivity contribution is 14.1. The maximum Gasteiger partial charge on any atom is 0.267 e. The molecule has 12 heavy (non-hydrogen) atoms. The van der Waals surface area contributed by atoms with Crippen LogP contribution in [-0.2, 0) is 0 Å². The molecule has 0 bridgehead atoms. The molecule has 1 amide bonds. The fourth-order valence-electron chi connectivity index (χ4n) is 0.660. The van der Waals surface area contributed by atoms with Crippen LogP contribution < -0.4 is 11.3 Å². The lowest BCUT2D eigenvalue weighted by molar-refractivity contribution is 0.0952. The molecule has 3 N–H and O–H groups in total. The number of nitrogen functional groups attached to an aromatic ring is 1. The van der Waals surface area contributed by atoms with Crippen molar-refractivity contribution in [1.82, 2.24) is 10.4 Å². The summed E-state index contributed by atoms with van der Waals surface area (Å²) in [6, 6.07) is 1.69. The minimum Gasteiger partial charge on any atom is -0.290 e. The van der Waals surface area contributed by atoms with Crippen LogP contribution >= 0.6 is 38.5 Å². The van der Waals surface area contributed by atoms with Gasteiger partial charge < -0.3 is 0 Å². The second-order valence-electron chi connectivity index (χ2n) is 1.97. The highest BCUT2D eigenvalue weighted by atomic mass is 127. The quantitative estimate of drug-likeness (QED) is 0.264. The van der Waals surface area contributed by atoms with Crippen LogP contribution in [0.4, 0.5) is 0 Å². The van der Waals surface area contributed by atoms with E-state index in [1.807, 2.05) is 5.43 Å². The number of nitrogens with two attached hydrogens (primary N) is 1. The van der Waals surface area contributed by atoms with Crippen LogP contribution in [-0.4, -0.2) is 10.9 Å². The highest BCUT2D eigenvalue weighted by Crippen LogP contribution is 2.15. The van der Waals surface area contributed by atoms with Gasteiger partial charge in [-0.05, 0) is 44.6 Å². The molecule has 4 nitrogen and oxygen atoms in total. The van der Waals surface area contributed by atoms with Gasteiger partial charge in [0.25, 0.3) is 5.91 Å².